The average molecular weight is 379 g/mol. The summed E-state index contributed by atoms with van der Waals surface area (Å²) in [5, 5.41) is 2.90. The number of carbonyl (C=O) groups excluding carboxylic acids is 1. The van der Waals surface area contributed by atoms with Gasteiger partial charge in [0.15, 0.2) is 0 Å². The molecule has 1 N–H and O–H groups in total. The molecule has 5 nitrogen and oxygen atoms in total. The summed E-state index contributed by atoms with van der Waals surface area (Å²) in [4.78, 5) is 13.5. The molecule has 1 atom stereocenters. The number of nitrogens with one attached hydrogen (secondary N) is 1. The van der Waals surface area contributed by atoms with E-state index >= 15 is 0 Å². The van der Waals surface area contributed by atoms with Crippen LogP contribution in [0.15, 0.2) is 40.6 Å². The van der Waals surface area contributed by atoms with Gasteiger partial charge in [-0.3, -0.25) is 4.79 Å². The Bertz CT molecular complexity index is 857. The van der Waals surface area contributed by atoms with Crippen LogP contribution >= 0.6 is 11.3 Å². The maximum absolute atomic E-state index is 12.8. The minimum atomic E-state index is -3.51. The number of aryl methyl sites for hydroxylation is 2. The minimum Gasteiger partial charge on any atom is -0.326 e. The van der Waals surface area contributed by atoms with Gasteiger partial charge >= 0.3 is 0 Å². The fraction of sp³-hybridized carbons (Fsp3) is 0.389. The molecule has 134 valence electrons. The fourth-order valence-electron chi connectivity index (χ4n) is 2.93. The summed E-state index contributed by atoms with van der Waals surface area (Å²) in [6.07, 6.45) is 1.39. The third-order valence-corrected chi connectivity index (χ3v) is 7.72. The first-order valence-electron chi connectivity index (χ1n) is 8.30. The molecule has 0 saturated carbocycles. The first-order valence-corrected chi connectivity index (χ1v) is 10.6. The Labute approximate surface area is 152 Å². The Morgan fingerprint density at radius 3 is 2.52 bits per heavy atom. The third kappa shape index (κ3) is 4.11. The van der Waals surface area contributed by atoms with E-state index in [2.05, 4.69) is 5.32 Å². The van der Waals surface area contributed by atoms with Crippen molar-refractivity contribution < 1.29 is 13.2 Å². The lowest BCUT2D eigenvalue weighted by Gasteiger charge is -2.30. The second-order valence-corrected chi connectivity index (χ2v) is 9.88. The third-order valence-electron chi connectivity index (χ3n) is 4.38. The molecule has 25 heavy (non-hydrogen) atoms. The van der Waals surface area contributed by atoms with E-state index in [0.717, 1.165) is 16.1 Å². The van der Waals surface area contributed by atoms with Gasteiger partial charge in [0.05, 0.1) is 5.92 Å². The lowest BCUT2D eigenvalue weighted by Crippen LogP contribution is -2.43. The monoisotopic (exact) mass is 378 g/mol. The van der Waals surface area contributed by atoms with Crippen molar-refractivity contribution in [3.63, 3.8) is 0 Å². The molecule has 0 bridgehead atoms. The summed E-state index contributed by atoms with van der Waals surface area (Å²) in [6, 6.07) is 11.0. The summed E-state index contributed by atoms with van der Waals surface area (Å²) in [5.41, 5.74) is 1.86. The summed E-state index contributed by atoms with van der Waals surface area (Å²) in [6.45, 7) is 4.57. The van der Waals surface area contributed by atoms with Gasteiger partial charge in [0.1, 0.15) is 4.21 Å². The van der Waals surface area contributed by atoms with Crippen molar-refractivity contribution in [3.05, 3.63) is 46.8 Å². The highest BCUT2D eigenvalue weighted by molar-refractivity contribution is 7.91. The van der Waals surface area contributed by atoms with Crippen molar-refractivity contribution in [1.29, 1.82) is 0 Å². The lowest BCUT2D eigenvalue weighted by molar-refractivity contribution is -0.120. The summed E-state index contributed by atoms with van der Waals surface area (Å²) in [7, 11) is -3.51. The summed E-state index contributed by atoms with van der Waals surface area (Å²) in [5.74, 6) is -0.447. The van der Waals surface area contributed by atoms with Crippen LogP contribution < -0.4 is 5.32 Å². The van der Waals surface area contributed by atoms with Crippen LogP contribution in [-0.4, -0.2) is 31.7 Å². The summed E-state index contributed by atoms with van der Waals surface area (Å²) >= 11 is 1.27. The molecule has 0 spiro atoms. The zero-order valence-electron chi connectivity index (χ0n) is 14.4. The predicted octanol–water partition coefficient (Wildman–Crippen LogP) is 3.40. The first-order chi connectivity index (χ1) is 11.9. The van der Waals surface area contributed by atoms with Crippen molar-refractivity contribution >= 4 is 33.0 Å². The number of carbonyl (C=O) groups is 1. The topological polar surface area (TPSA) is 66.5 Å². The van der Waals surface area contributed by atoms with Crippen molar-refractivity contribution in [2.75, 3.05) is 18.4 Å². The van der Waals surface area contributed by atoms with E-state index in [0.29, 0.717) is 23.6 Å². The highest BCUT2D eigenvalue weighted by atomic mass is 32.2. The van der Waals surface area contributed by atoms with E-state index in [1.54, 1.807) is 6.07 Å². The van der Waals surface area contributed by atoms with Gasteiger partial charge in [-0.2, -0.15) is 4.31 Å². The van der Waals surface area contributed by atoms with Crippen LogP contribution in [0.3, 0.4) is 0 Å². The largest absolute Gasteiger partial charge is 0.326 e. The van der Waals surface area contributed by atoms with Gasteiger partial charge in [-0.05, 0) is 51.0 Å². The SMILES string of the molecule is Cc1ccc(NC(=O)[C@@H]2CCCN(S(=O)(=O)c3ccc(C)s3)C2)cc1. The summed E-state index contributed by atoms with van der Waals surface area (Å²) < 4.78 is 27.3. The quantitative estimate of drug-likeness (QED) is 0.887. The van der Waals surface area contributed by atoms with E-state index in [9.17, 15) is 13.2 Å². The molecule has 2 aromatic rings. The molecule has 1 aliphatic rings. The molecule has 0 aliphatic carbocycles. The number of piperidine rings is 1. The molecular formula is C18H22N2O3S2. The van der Waals surface area contributed by atoms with Crippen molar-refractivity contribution in [2.45, 2.75) is 30.9 Å². The number of nitrogens with zero attached hydrogens (tertiary/aromatic N) is 1. The van der Waals surface area contributed by atoms with Gasteiger partial charge in [0.2, 0.25) is 5.91 Å². The number of hydrogen-bond acceptors (Lipinski definition) is 4. The van der Waals surface area contributed by atoms with Gasteiger partial charge in [-0.15, -0.1) is 11.3 Å². The zero-order chi connectivity index (χ0) is 18.0. The van der Waals surface area contributed by atoms with E-state index in [1.807, 2.05) is 44.2 Å². The Morgan fingerprint density at radius 2 is 1.88 bits per heavy atom. The Hall–Kier alpha value is -1.70. The number of benzene rings is 1. The molecule has 1 amide bonds. The van der Waals surface area contributed by atoms with E-state index in [1.165, 1.54) is 15.6 Å². The molecule has 1 saturated heterocycles. The van der Waals surface area contributed by atoms with Crippen LogP contribution in [0.1, 0.15) is 23.3 Å². The molecule has 0 radical (unpaired) electrons. The molecule has 1 aromatic carbocycles. The van der Waals surface area contributed by atoms with Gasteiger partial charge in [0, 0.05) is 23.7 Å². The number of hydrogen-bond donors (Lipinski definition) is 1. The minimum absolute atomic E-state index is 0.119. The van der Waals surface area contributed by atoms with Crippen LogP contribution in [0.25, 0.3) is 0 Å². The molecule has 1 aromatic heterocycles. The van der Waals surface area contributed by atoms with Crippen LogP contribution in [-0.2, 0) is 14.8 Å². The number of anilines is 1. The second-order valence-electron chi connectivity index (χ2n) is 6.42. The maximum Gasteiger partial charge on any atom is 0.252 e. The van der Waals surface area contributed by atoms with Crippen LogP contribution in [0.5, 0.6) is 0 Å². The molecule has 0 unspecified atom stereocenters. The van der Waals surface area contributed by atoms with Gasteiger partial charge in [-0.1, -0.05) is 17.7 Å². The zero-order valence-corrected chi connectivity index (χ0v) is 16.0. The highest BCUT2D eigenvalue weighted by Crippen LogP contribution is 2.28. The second kappa shape index (κ2) is 7.27. The van der Waals surface area contributed by atoms with E-state index in [4.69, 9.17) is 0 Å². The number of rotatable bonds is 4. The maximum atomic E-state index is 12.8. The van der Waals surface area contributed by atoms with E-state index in [-0.39, 0.29) is 18.4 Å². The normalized spacial score (nSPS) is 18.9. The molecule has 2 heterocycles. The van der Waals surface area contributed by atoms with Gasteiger partial charge in [0.25, 0.3) is 10.0 Å². The van der Waals surface area contributed by atoms with Crippen molar-refractivity contribution in [2.24, 2.45) is 5.92 Å². The van der Waals surface area contributed by atoms with Gasteiger partial charge < -0.3 is 5.32 Å². The Kier molecular flexibility index (Phi) is 5.27. The van der Waals surface area contributed by atoms with E-state index < -0.39 is 10.0 Å². The molecule has 7 heteroatoms. The highest BCUT2D eigenvalue weighted by Gasteiger charge is 2.34. The average Bonchev–Trinajstić information content (AvgIpc) is 3.04. The van der Waals surface area contributed by atoms with Crippen LogP contribution in [0.2, 0.25) is 0 Å². The molecule has 1 aliphatic heterocycles. The van der Waals surface area contributed by atoms with Crippen molar-refractivity contribution in [1.82, 2.24) is 4.31 Å². The number of sulfonamides is 1. The lowest BCUT2D eigenvalue weighted by atomic mass is 9.98. The Morgan fingerprint density at radius 1 is 1.16 bits per heavy atom. The molecule has 3 rings (SSSR count). The predicted molar refractivity (Wildman–Crippen MR) is 100 cm³/mol. The van der Waals surface area contributed by atoms with Crippen molar-refractivity contribution in [3.8, 4) is 0 Å². The van der Waals surface area contributed by atoms with Crippen LogP contribution in [0.4, 0.5) is 5.69 Å². The van der Waals surface area contributed by atoms with Gasteiger partial charge in [-0.25, -0.2) is 8.42 Å². The standard InChI is InChI=1S/C18H22N2O3S2/c1-13-5-8-16(9-6-13)19-18(21)15-4-3-11-20(12-15)25(22,23)17-10-7-14(2)24-17/h5-10,15H,3-4,11-12H2,1-2H3,(H,19,21)/t15-/m1/s1. The number of amides is 1. The Balaban J connectivity index is 1.70. The van der Waals surface area contributed by atoms with Crippen LogP contribution in [0, 0.1) is 19.8 Å². The smallest absolute Gasteiger partial charge is 0.252 e. The first kappa shape index (κ1) is 18.1. The number of thiophene rings is 1. The molecular weight excluding hydrogens is 356 g/mol. The molecule has 1 fully saturated rings. The fourth-order valence-corrected chi connectivity index (χ4v) is 5.90.